The quantitative estimate of drug-likeness (QED) is 0.837. The Hall–Kier alpha value is -1.29. The van der Waals surface area contributed by atoms with E-state index in [1.165, 1.54) is 0 Å². The first kappa shape index (κ1) is 12.2. The normalized spacial score (nSPS) is 18.3. The second kappa shape index (κ2) is 4.53. The van der Waals surface area contributed by atoms with Gasteiger partial charge in [-0.1, -0.05) is 12.8 Å². The molecule has 0 atom stereocenters. The highest BCUT2D eigenvalue weighted by atomic mass is 16.3. The summed E-state index contributed by atoms with van der Waals surface area (Å²) in [6, 6.07) is 1.90. The summed E-state index contributed by atoms with van der Waals surface area (Å²) in [7, 11) is 1.94. The molecule has 2 rings (SSSR count). The van der Waals surface area contributed by atoms with Gasteiger partial charge in [-0.2, -0.15) is 0 Å². The summed E-state index contributed by atoms with van der Waals surface area (Å²) in [5.74, 6) is 0.769. The van der Waals surface area contributed by atoms with E-state index in [1.54, 1.807) is 6.20 Å². The molecule has 1 aromatic rings. The molecule has 3 N–H and O–H groups in total. The second-order valence-corrected chi connectivity index (χ2v) is 5.15. The zero-order valence-corrected chi connectivity index (χ0v) is 10.6. The van der Waals surface area contributed by atoms with Gasteiger partial charge in [-0.25, -0.2) is 4.98 Å². The number of aryl methyl sites for hydroxylation is 1. The maximum atomic E-state index is 10.4. The minimum Gasteiger partial charge on any atom is -0.396 e. The van der Waals surface area contributed by atoms with Gasteiger partial charge in [-0.15, -0.1) is 0 Å². The number of nitrogens with zero attached hydrogens (tertiary/aromatic N) is 2. The van der Waals surface area contributed by atoms with Crippen LogP contribution in [-0.2, 0) is 0 Å². The minimum absolute atomic E-state index is 0.563. The van der Waals surface area contributed by atoms with Crippen molar-refractivity contribution >= 4 is 11.5 Å². The van der Waals surface area contributed by atoms with Gasteiger partial charge in [-0.05, 0) is 31.4 Å². The molecule has 17 heavy (non-hydrogen) atoms. The molecular weight excluding hydrogens is 214 g/mol. The fourth-order valence-electron chi connectivity index (χ4n) is 2.57. The smallest absolute Gasteiger partial charge is 0.151 e. The Labute approximate surface area is 102 Å². The van der Waals surface area contributed by atoms with E-state index in [4.69, 9.17) is 5.73 Å². The molecule has 1 aliphatic rings. The summed E-state index contributed by atoms with van der Waals surface area (Å²) in [6.07, 6.45) is 5.74. The van der Waals surface area contributed by atoms with E-state index >= 15 is 0 Å². The van der Waals surface area contributed by atoms with Crippen LogP contribution < -0.4 is 10.6 Å². The summed E-state index contributed by atoms with van der Waals surface area (Å²) >= 11 is 0. The molecule has 4 nitrogen and oxygen atoms in total. The standard InChI is InChI=1S/C13H21N3O/c1-10-5-8-15-12(11(10)14)16(2)9-13(17)6-3-4-7-13/h5,8,17H,3-4,6-7,9,14H2,1-2H3. The van der Waals surface area contributed by atoms with Crippen LogP contribution in [0, 0.1) is 6.92 Å². The van der Waals surface area contributed by atoms with Crippen LogP contribution in [0.15, 0.2) is 12.3 Å². The SMILES string of the molecule is Cc1ccnc(N(C)CC2(O)CCCC2)c1N. The molecule has 0 bridgehead atoms. The molecule has 4 heteroatoms. The Balaban J connectivity index is 2.14. The van der Waals surface area contributed by atoms with Crippen LogP contribution in [-0.4, -0.2) is 29.3 Å². The van der Waals surface area contributed by atoms with E-state index in [9.17, 15) is 5.11 Å². The molecule has 0 aromatic carbocycles. The van der Waals surface area contributed by atoms with Gasteiger partial charge in [0.2, 0.25) is 0 Å². The predicted molar refractivity (Wildman–Crippen MR) is 70.1 cm³/mol. The fourth-order valence-corrected chi connectivity index (χ4v) is 2.57. The highest BCUT2D eigenvalue weighted by Crippen LogP contribution is 2.32. The van der Waals surface area contributed by atoms with Crippen molar-refractivity contribution in [2.24, 2.45) is 0 Å². The molecule has 1 aromatic heterocycles. The third-order valence-corrected chi connectivity index (χ3v) is 3.61. The van der Waals surface area contributed by atoms with Gasteiger partial charge >= 0.3 is 0 Å². The highest BCUT2D eigenvalue weighted by Gasteiger charge is 2.32. The van der Waals surface area contributed by atoms with E-state index in [-0.39, 0.29) is 0 Å². The molecule has 1 aliphatic carbocycles. The Morgan fingerprint density at radius 3 is 2.76 bits per heavy atom. The van der Waals surface area contributed by atoms with Gasteiger partial charge < -0.3 is 15.7 Å². The number of aromatic nitrogens is 1. The number of anilines is 2. The monoisotopic (exact) mass is 235 g/mol. The lowest BCUT2D eigenvalue weighted by Gasteiger charge is -2.30. The number of rotatable bonds is 3. The third kappa shape index (κ3) is 2.52. The van der Waals surface area contributed by atoms with Crippen molar-refractivity contribution in [3.05, 3.63) is 17.8 Å². The molecule has 0 saturated heterocycles. The summed E-state index contributed by atoms with van der Waals surface area (Å²) < 4.78 is 0. The maximum absolute atomic E-state index is 10.4. The van der Waals surface area contributed by atoms with Crippen molar-refractivity contribution in [3.63, 3.8) is 0 Å². The summed E-state index contributed by atoms with van der Waals surface area (Å²) in [6.45, 7) is 2.58. The first-order valence-corrected chi connectivity index (χ1v) is 6.16. The maximum Gasteiger partial charge on any atom is 0.151 e. The topological polar surface area (TPSA) is 62.4 Å². The molecule has 0 spiro atoms. The lowest BCUT2D eigenvalue weighted by atomic mass is 10.0. The van der Waals surface area contributed by atoms with Gasteiger partial charge in [0, 0.05) is 19.8 Å². The number of nitrogens with two attached hydrogens (primary N) is 1. The zero-order chi connectivity index (χ0) is 12.5. The van der Waals surface area contributed by atoms with Crippen molar-refractivity contribution in [2.75, 3.05) is 24.2 Å². The highest BCUT2D eigenvalue weighted by molar-refractivity contribution is 5.66. The van der Waals surface area contributed by atoms with Gasteiger partial charge in [-0.3, -0.25) is 0 Å². The molecule has 0 radical (unpaired) electrons. The number of hydrogen-bond donors (Lipinski definition) is 2. The minimum atomic E-state index is -0.563. The summed E-state index contributed by atoms with van der Waals surface area (Å²) in [5.41, 5.74) is 7.19. The van der Waals surface area contributed by atoms with Gasteiger partial charge in [0.15, 0.2) is 5.82 Å². The second-order valence-electron chi connectivity index (χ2n) is 5.15. The first-order valence-electron chi connectivity index (χ1n) is 6.16. The van der Waals surface area contributed by atoms with Crippen molar-refractivity contribution in [1.29, 1.82) is 0 Å². The zero-order valence-electron chi connectivity index (χ0n) is 10.6. The first-order chi connectivity index (χ1) is 8.02. The molecule has 94 valence electrons. The third-order valence-electron chi connectivity index (χ3n) is 3.61. The lowest BCUT2D eigenvalue weighted by molar-refractivity contribution is 0.0558. The van der Waals surface area contributed by atoms with E-state index in [0.717, 1.165) is 37.1 Å². The Morgan fingerprint density at radius 1 is 1.47 bits per heavy atom. The fraction of sp³-hybridized carbons (Fsp3) is 0.615. The van der Waals surface area contributed by atoms with E-state index in [0.29, 0.717) is 12.2 Å². The average Bonchev–Trinajstić information content (AvgIpc) is 2.68. The van der Waals surface area contributed by atoms with Crippen molar-refractivity contribution < 1.29 is 5.11 Å². The molecule has 1 fully saturated rings. The number of nitrogen functional groups attached to an aromatic ring is 1. The number of pyridine rings is 1. The van der Waals surface area contributed by atoms with Crippen molar-refractivity contribution in [1.82, 2.24) is 4.98 Å². The van der Waals surface area contributed by atoms with Crippen LogP contribution in [0.2, 0.25) is 0 Å². The summed E-state index contributed by atoms with van der Waals surface area (Å²) in [5, 5.41) is 10.4. The van der Waals surface area contributed by atoms with Crippen LogP contribution in [0.4, 0.5) is 11.5 Å². The molecule has 0 unspecified atom stereocenters. The molecule has 0 aliphatic heterocycles. The molecule has 0 amide bonds. The average molecular weight is 235 g/mol. The number of hydrogen-bond acceptors (Lipinski definition) is 4. The van der Waals surface area contributed by atoms with Gasteiger partial charge in [0.05, 0.1) is 11.3 Å². The predicted octanol–water partition coefficient (Wildman–Crippen LogP) is 1.71. The Morgan fingerprint density at radius 2 is 2.12 bits per heavy atom. The van der Waals surface area contributed by atoms with Crippen LogP contribution >= 0.6 is 0 Å². The van der Waals surface area contributed by atoms with Crippen molar-refractivity contribution in [2.45, 2.75) is 38.2 Å². The molecule has 1 saturated carbocycles. The molecule has 1 heterocycles. The van der Waals surface area contributed by atoms with Gasteiger partial charge in [0.25, 0.3) is 0 Å². The summed E-state index contributed by atoms with van der Waals surface area (Å²) in [4.78, 5) is 6.27. The van der Waals surface area contributed by atoms with Crippen molar-refractivity contribution in [3.8, 4) is 0 Å². The Kier molecular flexibility index (Phi) is 3.24. The van der Waals surface area contributed by atoms with Crippen LogP contribution in [0.1, 0.15) is 31.2 Å². The van der Waals surface area contributed by atoms with Crippen LogP contribution in [0.5, 0.6) is 0 Å². The van der Waals surface area contributed by atoms with Crippen LogP contribution in [0.3, 0.4) is 0 Å². The van der Waals surface area contributed by atoms with Gasteiger partial charge in [0.1, 0.15) is 0 Å². The largest absolute Gasteiger partial charge is 0.396 e. The van der Waals surface area contributed by atoms with E-state index in [1.807, 2.05) is 24.9 Å². The number of likely N-dealkylation sites (N-methyl/N-ethyl adjacent to an activating group) is 1. The van der Waals surface area contributed by atoms with Crippen LogP contribution in [0.25, 0.3) is 0 Å². The van der Waals surface area contributed by atoms with E-state index < -0.39 is 5.60 Å². The van der Waals surface area contributed by atoms with E-state index in [2.05, 4.69) is 4.98 Å². The Bertz CT molecular complexity index is 400. The lowest BCUT2D eigenvalue weighted by Crippen LogP contribution is -2.39. The number of aliphatic hydroxyl groups is 1. The molecular formula is C13H21N3O.